The molecule has 0 radical (unpaired) electrons. The Morgan fingerprint density at radius 1 is 1.58 bits per heavy atom. The Kier molecular flexibility index (Phi) is 4.93. The molecule has 1 aromatic rings. The van der Waals surface area contributed by atoms with Crippen molar-refractivity contribution in [1.29, 1.82) is 0 Å². The van der Waals surface area contributed by atoms with E-state index in [4.69, 9.17) is 4.74 Å². The van der Waals surface area contributed by atoms with Gasteiger partial charge in [0.2, 0.25) is 5.91 Å². The maximum absolute atomic E-state index is 11.9. The maximum atomic E-state index is 11.9. The van der Waals surface area contributed by atoms with Crippen LogP contribution in [0, 0.1) is 12.8 Å². The first-order valence-electron chi connectivity index (χ1n) is 6.62. The fraction of sp³-hybridized carbons (Fsp3) is 0.571. The van der Waals surface area contributed by atoms with Crippen molar-refractivity contribution >= 4 is 27.7 Å². The third-order valence-electron chi connectivity index (χ3n) is 3.37. The number of carbonyl (C=O) groups excluding carboxylic acids is 1. The van der Waals surface area contributed by atoms with Crippen molar-refractivity contribution in [3.8, 4) is 0 Å². The predicted molar refractivity (Wildman–Crippen MR) is 78.1 cm³/mol. The van der Waals surface area contributed by atoms with Crippen molar-refractivity contribution in [3.63, 3.8) is 0 Å². The molecular formula is C14H19BrN2O2. The molecule has 0 unspecified atom stereocenters. The lowest BCUT2D eigenvalue weighted by molar-refractivity contribution is -0.119. The van der Waals surface area contributed by atoms with Crippen molar-refractivity contribution in [2.45, 2.75) is 39.2 Å². The topological polar surface area (TPSA) is 51.2 Å². The molecule has 1 saturated carbocycles. The second kappa shape index (κ2) is 6.48. The zero-order valence-corrected chi connectivity index (χ0v) is 12.9. The van der Waals surface area contributed by atoms with Crippen LogP contribution in [0.4, 0.5) is 5.82 Å². The first-order valence-corrected chi connectivity index (χ1v) is 7.41. The highest BCUT2D eigenvalue weighted by Gasteiger charge is 2.31. The number of ether oxygens (including phenoxy) is 1. The third-order valence-corrected chi connectivity index (χ3v) is 3.81. The number of aromatic nitrogens is 1. The Morgan fingerprint density at radius 3 is 2.95 bits per heavy atom. The second-order valence-electron chi connectivity index (χ2n) is 4.99. The summed E-state index contributed by atoms with van der Waals surface area (Å²) in [6.07, 6.45) is 4.59. The van der Waals surface area contributed by atoms with Gasteiger partial charge in [-0.3, -0.25) is 4.79 Å². The van der Waals surface area contributed by atoms with Gasteiger partial charge in [-0.15, -0.1) is 0 Å². The number of halogens is 1. The highest BCUT2D eigenvalue weighted by atomic mass is 79.9. The molecule has 4 nitrogen and oxygen atoms in total. The average molecular weight is 327 g/mol. The van der Waals surface area contributed by atoms with E-state index in [1.807, 2.05) is 19.9 Å². The molecule has 0 atom stereocenters. The van der Waals surface area contributed by atoms with Crippen LogP contribution in [-0.4, -0.2) is 23.6 Å². The number of nitrogens with zero attached hydrogens (tertiary/aromatic N) is 1. The van der Waals surface area contributed by atoms with E-state index in [-0.39, 0.29) is 5.91 Å². The predicted octanol–water partition coefficient (Wildman–Crippen LogP) is 3.30. The first kappa shape index (κ1) is 14.5. The molecule has 1 aliphatic carbocycles. The molecule has 1 heterocycles. The van der Waals surface area contributed by atoms with Crippen LogP contribution in [0.3, 0.4) is 0 Å². The molecule has 104 valence electrons. The number of aryl methyl sites for hydroxylation is 1. The molecule has 0 bridgehead atoms. The number of pyridine rings is 1. The normalized spacial score (nSPS) is 21.8. The highest BCUT2D eigenvalue weighted by molar-refractivity contribution is 9.10. The van der Waals surface area contributed by atoms with Crippen LogP contribution in [0.5, 0.6) is 0 Å². The van der Waals surface area contributed by atoms with Gasteiger partial charge in [-0.1, -0.05) is 0 Å². The Balaban J connectivity index is 1.79. The van der Waals surface area contributed by atoms with Crippen molar-refractivity contribution in [3.05, 3.63) is 22.3 Å². The van der Waals surface area contributed by atoms with Gasteiger partial charge < -0.3 is 10.1 Å². The Morgan fingerprint density at radius 2 is 2.32 bits per heavy atom. The third kappa shape index (κ3) is 4.01. The van der Waals surface area contributed by atoms with Crippen molar-refractivity contribution in [1.82, 2.24) is 4.98 Å². The van der Waals surface area contributed by atoms with Crippen LogP contribution in [0.15, 0.2) is 16.7 Å². The van der Waals surface area contributed by atoms with Gasteiger partial charge in [0.25, 0.3) is 0 Å². The average Bonchev–Trinajstić information content (AvgIpc) is 2.30. The van der Waals surface area contributed by atoms with Crippen molar-refractivity contribution < 1.29 is 9.53 Å². The molecular weight excluding hydrogens is 308 g/mol. The van der Waals surface area contributed by atoms with Gasteiger partial charge in [0.1, 0.15) is 5.82 Å². The molecule has 1 fully saturated rings. The van der Waals surface area contributed by atoms with E-state index in [1.165, 1.54) is 0 Å². The van der Waals surface area contributed by atoms with E-state index in [0.29, 0.717) is 24.3 Å². The SMILES string of the molecule is CCOC1CC(CC(=O)Nc2ncc(Br)cc2C)C1. The molecule has 0 saturated heterocycles. The van der Waals surface area contributed by atoms with Crippen LogP contribution in [0.1, 0.15) is 31.7 Å². The van der Waals surface area contributed by atoms with E-state index in [2.05, 4.69) is 26.2 Å². The van der Waals surface area contributed by atoms with E-state index >= 15 is 0 Å². The number of carbonyl (C=O) groups is 1. The van der Waals surface area contributed by atoms with Crippen LogP contribution >= 0.6 is 15.9 Å². The van der Waals surface area contributed by atoms with Crippen LogP contribution in [0.25, 0.3) is 0 Å². The van der Waals surface area contributed by atoms with Gasteiger partial charge in [0.05, 0.1) is 6.10 Å². The molecule has 1 amide bonds. The van der Waals surface area contributed by atoms with Gasteiger partial charge in [-0.25, -0.2) is 4.98 Å². The summed E-state index contributed by atoms with van der Waals surface area (Å²) < 4.78 is 6.41. The van der Waals surface area contributed by atoms with Crippen LogP contribution in [-0.2, 0) is 9.53 Å². The number of rotatable bonds is 5. The summed E-state index contributed by atoms with van der Waals surface area (Å²) in [5.41, 5.74) is 0.962. The zero-order valence-electron chi connectivity index (χ0n) is 11.3. The fourth-order valence-electron chi connectivity index (χ4n) is 2.33. The van der Waals surface area contributed by atoms with Gasteiger partial charge in [-0.05, 0) is 60.2 Å². The van der Waals surface area contributed by atoms with Crippen LogP contribution in [0.2, 0.25) is 0 Å². The highest BCUT2D eigenvalue weighted by Crippen LogP contribution is 2.32. The summed E-state index contributed by atoms with van der Waals surface area (Å²) >= 11 is 3.36. The number of anilines is 1. The molecule has 0 spiro atoms. The van der Waals surface area contributed by atoms with E-state index in [0.717, 1.165) is 29.5 Å². The lowest BCUT2D eigenvalue weighted by Crippen LogP contribution is -2.34. The van der Waals surface area contributed by atoms with E-state index in [9.17, 15) is 4.79 Å². The summed E-state index contributed by atoms with van der Waals surface area (Å²) in [5.74, 6) is 1.14. The first-order chi connectivity index (χ1) is 9.08. The van der Waals surface area contributed by atoms with Crippen LogP contribution < -0.4 is 5.32 Å². The fourth-order valence-corrected chi connectivity index (χ4v) is 2.78. The molecule has 19 heavy (non-hydrogen) atoms. The van der Waals surface area contributed by atoms with Gasteiger partial charge in [-0.2, -0.15) is 0 Å². The number of hydrogen-bond donors (Lipinski definition) is 1. The summed E-state index contributed by atoms with van der Waals surface area (Å²) in [7, 11) is 0. The number of hydrogen-bond acceptors (Lipinski definition) is 3. The van der Waals surface area contributed by atoms with E-state index < -0.39 is 0 Å². The van der Waals surface area contributed by atoms with E-state index in [1.54, 1.807) is 6.20 Å². The van der Waals surface area contributed by atoms with Gasteiger partial charge in [0, 0.05) is 23.7 Å². The molecule has 0 aliphatic heterocycles. The van der Waals surface area contributed by atoms with Gasteiger partial charge >= 0.3 is 0 Å². The minimum Gasteiger partial charge on any atom is -0.378 e. The molecule has 1 aromatic heterocycles. The Labute approximate surface area is 122 Å². The Hall–Kier alpha value is -0.940. The molecule has 2 rings (SSSR count). The summed E-state index contributed by atoms with van der Waals surface area (Å²) in [6.45, 7) is 4.69. The lowest BCUT2D eigenvalue weighted by Gasteiger charge is -2.34. The standard InChI is InChI=1S/C14H19BrN2O2/c1-3-19-12-5-10(6-12)7-13(18)17-14-9(2)4-11(15)8-16-14/h4,8,10,12H,3,5-7H2,1-2H3,(H,16,17,18). The maximum Gasteiger partial charge on any atom is 0.225 e. The van der Waals surface area contributed by atoms with Crippen molar-refractivity contribution in [2.75, 3.05) is 11.9 Å². The van der Waals surface area contributed by atoms with Gasteiger partial charge in [0.15, 0.2) is 0 Å². The molecule has 1 N–H and O–H groups in total. The summed E-state index contributed by atoms with van der Waals surface area (Å²) in [6, 6.07) is 1.94. The number of amides is 1. The molecule has 0 aromatic carbocycles. The lowest BCUT2D eigenvalue weighted by atomic mass is 9.80. The number of nitrogens with one attached hydrogen (secondary N) is 1. The molecule has 5 heteroatoms. The second-order valence-corrected chi connectivity index (χ2v) is 5.90. The minimum absolute atomic E-state index is 0.0397. The minimum atomic E-state index is 0.0397. The summed E-state index contributed by atoms with van der Waals surface area (Å²) in [5, 5.41) is 2.87. The zero-order chi connectivity index (χ0) is 13.8. The Bertz CT molecular complexity index is 459. The monoisotopic (exact) mass is 326 g/mol. The van der Waals surface area contributed by atoms with Crippen molar-refractivity contribution in [2.24, 2.45) is 5.92 Å². The smallest absolute Gasteiger partial charge is 0.225 e. The quantitative estimate of drug-likeness (QED) is 0.903. The summed E-state index contributed by atoms with van der Waals surface area (Å²) in [4.78, 5) is 16.1. The largest absolute Gasteiger partial charge is 0.378 e. The molecule has 1 aliphatic rings.